The lowest BCUT2D eigenvalue weighted by Crippen LogP contribution is -2.51. The molecule has 2 N–H and O–H groups in total. The average Bonchev–Trinajstić information content (AvgIpc) is 2.72. The Morgan fingerprint density at radius 2 is 2.07 bits per heavy atom. The van der Waals surface area contributed by atoms with Crippen LogP contribution in [0, 0.1) is 5.82 Å². The quantitative estimate of drug-likeness (QED) is 0.342. The van der Waals surface area contributed by atoms with Gasteiger partial charge in [-0.3, -0.25) is 0 Å². The zero-order chi connectivity index (χ0) is 20.6. The van der Waals surface area contributed by atoms with Gasteiger partial charge in [0, 0.05) is 45.5 Å². The number of hydrogen-bond donors (Lipinski definition) is 2. The third-order valence-electron chi connectivity index (χ3n) is 4.93. The third-order valence-corrected chi connectivity index (χ3v) is 4.93. The molecule has 8 heteroatoms. The average molecular weight is 526 g/mol. The van der Waals surface area contributed by atoms with E-state index in [1.165, 1.54) is 6.07 Å². The van der Waals surface area contributed by atoms with Crippen molar-refractivity contribution in [3.63, 3.8) is 0 Å². The second-order valence-corrected chi connectivity index (χ2v) is 7.49. The van der Waals surface area contributed by atoms with Crippen molar-refractivity contribution in [2.45, 2.75) is 32.4 Å². The Morgan fingerprint density at radius 3 is 2.80 bits per heavy atom. The Morgan fingerprint density at radius 1 is 1.27 bits per heavy atom. The van der Waals surface area contributed by atoms with E-state index in [0.717, 1.165) is 55.6 Å². The van der Waals surface area contributed by atoms with Gasteiger partial charge in [-0.1, -0.05) is 12.1 Å². The molecular formula is C22H32FIN6. The lowest BCUT2D eigenvalue weighted by Gasteiger charge is -2.35. The predicted molar refractivity (Wildman–Crippen MR) is 134 cm³/mol. The fourth-order valence-electron chi connectivity index (χ4n) is 3.48. The zero-order valence-corrected chi connectivity index (χ0v) is 20.3. The van der Waals surface area contributed by atoms with Crippen molar-refractivity contribution in [3.05, 3.63) is 54.0 Å². The number of aliphatic imine (C=N–C) groups is 1. The lowest BCUT2D eigenvalue weighted by atomic mass is 10.0. The molecule has 0 amide bonds. The molecule has 1 fully saturated rings. The van der Waals surface area contributed by atoms with Crippen LogP contribution in [0.2, 0.25) is 0 Å². The minimum absolute atomic E-state index is 0. The van der Waals surface area contributed by atoms with Gasteiger partial charge in [0.2, 0.25) is 0 Å². The number of pyridine rings is 1. The fraction of sp³-hybridized carbons (Fsp3) is 0.455. The van der Waals surface area contributed by atoms with E-state index in [2.05, 4.69) is 27.4 Å². The number of hydrogen-bond acceptors (Lipinski definition) is 4. The molecule has 6 nitrogen and oxygen atoms in total. The van der Waals surface area contributed by atoms with Crippen molar-refractivity contribution in [1.29, 1.82) is 0 Å². The van der Waals surface area contributed by atoms with Gasteiger partial charge in [0.1, 0.15) is 11.6 Å². The van der Waals surface area contributed by atoms with E-state index < -0.39 is 0 Å². The number of guanidine groups is 1. The van der Waals surface area contributed by atoms with Crippen molar-refractivity contribution in [1.82, 2.24) is 15.6 Å². The molecule has 1 aromatic heterocycles. The van der Waals surface area contributed by atoms with Gasteiger partial charge < -0.3 is 20.4 Å². The van der Waals surface area contributed by atoms with Crippen molar-refractivity contribution in [3.8, 4) is 0 Å². The number of benzene rings is 1. The molecule has 30 heavy (non-hydrogen) atoms. The number of aromatic nitrogens is 1. The van der Waals surface area contributed by atoms with E-state index in [1.807, 2.05) is 43.3 Å². The molecule has 0 aliphatic carbocycles. The summed E-state index contributed by atoms with van der Waals surface area (Å²) in [6.07, 6.45) is 2.12. The van der Waals surface area contributed by atoms with Crippen LogP contribution in [-0.4, -0.2) is 50.7 Å². The van der Waals surface area contributed by atoms with E-state index in [-0.39, 0.29) is 35.8 Å². The SMILES string of the molecule is CCNC(=NCc1cccc(N(C)C)n1)NC1CCCN(c2cccc(F)c2)C1.I. The summed E-state index contributed by atoms with van der Waals surface area (Å²) in [4.78, 5) is 13.6. The highest BCUT2D eigenvalue weighted by atomic mass is 127. The van der Waals surface area contributed by atoms with Crippen LogP contribution in [0.25, 0.3) is 0 Å². The van der Waals surface area contributed by atoms with Crippen molar-refractivity contribution in [2.75, 3.05) is 43.5 Å². The zero-order valence-electron chi connectivity index (χ0n) is 17.9. The van der Waals surface area contributed by atoms with Crippen LogP contribution in [0.1, 0.15) is 25.5 Å². The van der Waals surface area contributed by atoms with Gasteiger partial charge >= 0.3 is 0 Å². The van der Waals surface area contributed by atoms with Crippen LogP contribution in [0.4, 0.5) is 15.9 Å². The van der Waals surface area contributed by atoms with Crippen LogP contribution in [-0.2, 0) is 6.54 Å². The Kier molecular flexibility index (Phi) is 9.61. The summed E-state index contributed by atoms with van der Waals surface area (Å²) < 4.78 is 13.6. The minimum atomic E-state index is -0.195. The number of halogens is 2. The van der Waals surface area contributed by atoms with E-state index in [4.69, 9.17) is 4.99 Å². The standard InChI is InChI=1S/C22H31FN6.HI/c1-4-24-22(25-15-18-9-6-12-21(26-18)28(2)3)27-19-10-7-13-29(16-19)20-11-5-8-17(23)14-20;/h5-6,8-9,11-12,14,19H,4,7,10,13,15-16H2,1-3H3,(H2,24,25,27);1H. The van der Waals surface area contributed by atoms with Crippen LogP contribution < -0.4 is 20.4 Å². The molecule has 1 aliphatic rings. The summed E-state index contributed by atoms with van der Waals surface area (Å²) in [5.41, 5.74) is 1.86. The molecule has 2 aromatic rings. The van der Waals surface area contributed by atoms with E-state index in [1.54, 1.807) is 12.1 Å². The third kappa shape index (κ3) is 7.00. The van der Waals surface area contributed by atoms with E-state index in [9.17, 15) is 4.39 Å². The molecule has 164 valence electrons. The number of piperidine rings is 1. The molecule has 0 saturated carbocycles. The molecule has 1 aromatic carbocycles. The van der Waals surface area contributed by atoms with Crippen LogP contribution in [0.3, 0.4) is 0 Å². The van der Waals surface area contributed by atoms with Crippen molar-refractivity contribution < 1.29 is 4.39 Å². The van der Waals surface area contributed by atoms with Crippen molar-refractivity contribution >= 4 is 41.4 Å². The Labute approximate surface area is 196 Å². The summed E-state index contributed by atoms with van der Waals surface area (Å²) in [6, 6.07) is 13.1. The summed E-state index contributed by atoms with van der Waals surface area (Å²) in [6.45, 7) is 5.12. The molecule has 2 heterocycles. The second-order valence-electron chi connectivity index (χ2n) is 7.49. The first-order valence-electron chi connectivity index (χ1n) is 10.2. The lowest BCUT2D eigenvalue weighted by molar-refractivity contribution is 0.467. The molecule has 1 saturated heterocycles. The maximum absolute atomic E-state index is 13.6. The largest absolute Gasteiger partial charge is 0.369 e. The second kappa shape index (κ2) is 11.9. The van der Waals surface area contributed by atoms with Crippen LogP contribution >= 0.6 is 24.0 Å². The van der Waals surface area contributed by atoms with E-state index >= 15 is 0 Å². The molecule has 0 spiro atoms. The Balaban J connectivity index is 0.00000320. The summed E-state index contributed by atoms with van der Waals surface area (Å²) in [5, 5.41) is 6.87. The van der Waals surface area contributed by atoms with Crippen LogP contribution in [0.15, 0.2) is 47.5 Å². The number of anilines is 2. The molecule has 1 unspecified atom stereocenters. The summed E-state index contributed by atoms with van der Waals surface area (Å²) in [5.74, 6) is 1.52. The van der Waals surface area contributed by atoms with Crippen LogP contribution in [0.5, 0.6) is 0 Å². The number of rotatable bonds is 6. The fourth-order valence-corrected chi connectivity index (χ4v) is 3.48. The van der Waals surface area contributed by atoms with Gasteiger partial charge in [-0.15, -0.1) is 24.0 Å². The maximum Gasteiger partial charge on any atom is 0.191 e. The molecule has 1 atom stereocenters. The summed E-state index contributed by atoms with van der Waals surface area (Å²) >= 11 is 0. The monoisotopic (exact) mass is 526 g/mol. The highest BCUT2D eigenvalue weighted by Gasteiger charge is 2.21. The highest BCUT2D eigenvalue weighted by Crippen LogP contribution is 2.20. The number of nitrogens with zero attached hydrogens (tertiary/aromatic N) is 4. The number of nitrogens with one attached hydrogen (secondary N) is 2. The predicted octanol–water partition coefficient (Wildman–Crippen LogP) is 3.63. The Hall–Kier alpha value is -2.10. The first kappa shape index (κ1) is 24.2. The van der Waals surface area contributed by atoms with Gasteiger partial charge in [0.25, 0.3) is 0 Å². The van der Waals surface area contributed by atoms with Gasteiger partial charge in [0.15, 0.2) is 5.96 Å². The first-order chi connectivity index (χ1) is 14.0. The topological polar surface area (TPSA) is 55.8 Å². The Bertz CT molecular complexity index is 829. The van der Waals surface area contributed by atoms with Gasteiger partial charge in [-0.05, 0) is 50.1 Å². The van der Waals surface area contributed by atoms with E-state index in [0.29, 0.717) is 6.54 Å². The highest BCUT2D eigenvalue weighted by molar-refractivity contribution is 14.0. The molecular weight excluding hydrogens is 494 g/mol. The normalized spacial score (nSPS) is 16.6. The molecule has 1 aliphatic heterocycles. The molecule has 3 rings (SSSR count). The maximum atomic E-state index is 13.6. The molecule has 0 radical (unpaired) electrons. The molecule has 0 bridgehead atoms. The smallest absolute Gasteiger partial charge is 0.191 e. The van der Waals surface area contributed by atoms with Gasteiger partial charge in [-0.25, -0.2) is 14.4 Å². The first-order valence-corrected chi connectivity index (χ1v) is 10.2. The summed E-state index contributed by atoms with van der Waals surface area (Å²) in [7, 11) is 3.96. The minimum Gasteiger partial charge on any atom is -0.369 e. The van der Waals surface area contributed by atoms with Gasteiger partial charge in [0.05, 0.1) is 12.2 Å². The van der Waals surface area contributed by atoms with Crippen molar-refractivity contribution in [2.24, 2.45) is 4.99 Å². The van der Waals surface area contributed by atoms with Gasteiger partial charge in [-0.2, -0.15) is 0 Å².